The molecule has 0 amide bonds. The zero-order chi connectivity index (χ0) is 11.3. The van der Waals surface area contributed by atoms with E-state index in [-0.39, 0.29) is 12.4 Å². The predicted octanol–water partition coefficient (Wildman–Crippen LogP) is 1.84. The van der Waals surface area contributed by atoms with Gasteiger partial charge in [0.2, 0.25) is 0 Å². The Morgan fingerprint density at radius 2 is 2.33 bits per heavy atom. The van der Waals surface area contributed by atoms with E-state index >= 15 is 0 Å². The smallest absolute Gasteiger partial charge is 0.317 e. The molecule has 1 aromatic carbocycles. The number of benzene rings is 1. The number of carbonyl (C=O) groups excluding carboxylic acids is 1. The monoisotopic (exact) mass is 223 g/mol. The van der Waals surface area contributed by atoms with Gasteiger partial charge in [-0.1, -0.05) is 29.5 Å². The first kappa shape index (κ1) is 11.4. The molecule has 0 aliphatic heterocycles. The van der Waals surface area contributed by atoms with Crippen molar-refractivity contribution in [3.8, 4) is 11.8 Å². The highest BCUT2D eigenvalue weighted by Crippen LogP contribution is 2.20. The first-order valence-corrected chi connectivity index (χ1v) is 4.62. The lowest BCUT2D eigenvalue weighted by atomic mass is 10.2. The Balaban J connectivity index is 2.84. The average Bonchev–Trinajstić information content (AvgIpc) is 2.22. The van der Waals surface area contributed by atoms with Gasteiger partial charge in [-0.15, -0.1) is 0 Å². The Labute approximate surface area is 93.2 Å². The summed E-state index contributed by atoms with van der Waals surface area (Å²) >= 11 is 5.88. The molecule has 0 saturated carbocycles. The molecule has 0 radical (unpaired) electrons. The fraction of sp³-hybridized carbons (Fsp3) is 0.182. The molecule has 0 atom stereocenters. The van der Waals surface area contributed by atoms with Crippen LogP contribution in [-0.2, 0) is 9.53 Å². The van der Waals surface area contributed by atoms with Crippen LogP contribution in [0.15, 0.2) is 18.2 Å². The van der Waals surface area contributed by atoms with Crippen molar-refractivity contribution < 1.29 is 9.53 Å². The summed E-state index contributed by atoms with van der Waals surface area (Å²) < 4.78 is 4.44. The summed E-state index contributed by atoms with van der Waals surface area (Å²) in [5.41, 5.74) is 6.71. The zero-order valence-electron chi connectivity index (χ0n) is 8.21. The van der Waals surface area contributed by atoms with E-state index in [9.17, 15) is 4.79 Å². The van der Waals surface area contributed by atoms with Crippen LogP contribution in [-0.4, -0.2) is 13.1 Å². The molecule has 78 valence electrons. The number of anilines is 1. The number of hydrogen-bond acceptors (Lipinski definition) is 3. The molecular weight excluding hydrogens is 214 g/mol. The van der Waals surface area contributed by atoms with Gasteiger partial charge >= 0.3 is 5.97 Å². The number of ether oxygens (including phenoxy) is 1. The summed E-state index contributed by atoms with van der Waals surface area (Å²) in [5, 5.41) is 0.479. The molecule has 0 heterocycles. The second kappa shape index (κ2) is 5.28. The Morgan fingerprint density at radius 1 is 1.60 bits per heavy atom. The number of esters is 1. The number of rotatable bonds is 1. The van der Waals surface area contributed by atoms with E-state index in [1.807, 2.05) is 0 Å². The molecule has 0 spiro atoms. The molecule has 0 aromatic heterocycles. The highest BCUT2D eigenvalue weighted by atomic mass is 35.5. The van der Waals surface area contributed by atoms with Crippen LogP contribution in [0, 0.1) is 11.8 Å². The minimum Gasteiger partial charge on any atom is -0.468 e. The van der Waals surface area contributed by atoms with Gasteiger partial charge in [0, 0.05) is 5.69 Å². The fourth-order valence-corrected chi connectivity index (χ4v) is 1.18. The van der Waals surface area contributed by atoms with Crippen LogP contribution in [0.4, 0.5) is 5.69 Å². The average molecular weight is 224 g/mol. The van der Waals surface area contributed by atoms with Crippen LogP contribution in [0.1, 0.15) is 12.0 Å². The summed E-state index contributed by atoms with van der Waals surface area (Å²) in [5.74, 6) is 5.00. The van der Waals surface area contributed by atoms with Crippen LogP contribution in [0.3, 0.4) is 0 Å². The molecule has 4 heteroatoms. The predicted molar refractivity (Wildman–Crippen MR) is 59.4 cm³/mol. The van der Waals surface area contributed by atoms with Crippen molar-refractivity contribution in [2.45, 2.75) is 6.42 Å². The summed E-state index contributed by atoms with van der Waals surface area (Å²) in [6.07, 6.45) is 0.0289. The Bertz CT molecular complexity index is 412. The molecule has 0 saturated heterocycles. The largest absolute Gasteiger partial charge is 0.468 e. The van der Waals surface area contributed by atoms with Crippen molar-refractivity contribution in [1.29, 1.82) is 0 Å². The second-order valence-corrected chi connectivity index (χ2v) is 3.17. The molecular formula is C11H10ClNO2. The van der Waals surface area contributed by atoms with Gasteiger partial charge in [0.25, 0.3) is 0 Å². The van der Waals surface area contributed by atoms with Gasteiger partial charge in [0.1, 0.15) is 6.42 Å². The lowest BCUT2D eigenvalue weighted by molar-refractivity contribution is -0.139. The molecule has 1 aromatic rings. The maximum atomic E-state index is 10.8. The van der Waals surface area contributed by atoms with E-state index < -0.39 is 0 Å². The number of carbonyl (C=O) groups is 1. The summed E-state index contributed by atoms with van der Waals surface area (Å²) in [6, 6.07) is 5.14. The van der Waals surface area contributed by atoms with E-state index in [0.29, 0.717) is 16.3 Å². The van der Waals surface area contributed by atoms with Crippen molar-refractivity contribution in [3.05, 3.63) is 28.8 Å². The summed E-state index contributed by atoms with van der Waals surface area (Å²) in [6.45, 7) is 0. The van der Waals surface area contributed by atoms with Gasteiger partial charge in [-0.05, 0) is 12.1 Å². The Kier molecular flexibility index (Phi) is 4.02. The van der Waals surface area contributed by atoms with E-state index in [2.05, 4.69) is 16.6 Å². The van der Waals surface area contributed by atoms with E-state index in [4.69, 9.17) is 17.3 Å². The molecule has 0 bridgehead atoms. The summed E-state index contributed by atoms with van der Waals surface area (Å²) in [7, 11) is 1.31. The maximum Gasteiger partial charge on any atom is 0.317 e. The van der Waals surface area contributed by atoms with Crippen LogP contribution >= 0.6 is 11.6 Å². The number of hydrogen-bond donors (Lipinski definition) is 1. The third-order valence-corrected chi connectivity index (χ3v) is 2.03. The van der Waals surface area contributed by atoms with Crippen molar-refractivity contribution >= 4 is 23.3 Å². The standard InChI is InChI=1S/C11H10ClNO2/c1-15-11(14)7-2-4-8-9(12)5-3-6-10(8)13/h3,5-6H,7,13H2,1H3. The minimum atomic E-state index is -0.381. The van der Waals surface area contributed by atoms with E-state index in [1.54, 1.807) is 18.2 Å². The Hall–Kier alpha value is -1.66. The highest BCUT2D eigenvalue weighted by molar-refractivity contribution is 6.32. The first-order chi connectivity index (χ1) is 7.15. The first-order valence-electron chi connectivity index (χ1n) is 4.25. The van der Waals surface area contributed by atoms with Crippen LogP contribution in [0.25, 0.3) is 0 Å². The SMILES string of the molecule is COC(=O)CC#Cc1c(N)cccc1Cl. The molecule has 0 aliphatic carbocycles. The second-order valence-electron chi connectivity index (χ2n) is 2.76. The lowest BCUT2D eigenvalue weighted by Gasteiger charge is -1.99. The third-order valence-electron chi connectivity index (χ3n) is 1.72. The third kappa shape index (κ3) is 3.19. The molecule has 3 nitrogen and oxygen atoms in total. The number of halogens is 1. The molecule has 0 fully saturated rings. The maximum absolute atomic E-state index is 10.8. The van der Waals surface area contributed by atoms with Crippen molar-refractivity contribution in [3.63, 3.8) is 0 Å². The normalized spacial score (nSPS) is 8.93. The van der Waals surface area contributed by atoms with Crippen LogP contribution in [0.2, 0.25) is 5.02 Å². The molecule has 2 N–H and O–H groups in total. The van der Waals surface area contributed by atoms with Crippen molar-refractivity contribution in [2.75, 3.05) is 12.8 Å². The van der Waals surface area contributed by atoms with Crippen molar-refractivity contribution in [2.24, 2.45) is 0 Å². The number of nitrogen functional groups attached to an aromatic ring is 1. The van der Waals surface area contributed by atoms with Gasteiger partial charge in [-0.25, -0.2) is 0 Å². The highest BCUT2D eigenvalue weighted by Gasteiger charge is 2.00. The number of nitrogens with two attached hydrogens (primary N) is 1. The summed E-state index contributed by atoms with van der Waals surface area (Å²) in [4.78, 5) is 10.8. The number of methoxy groups -OCH3 is 1. The fourth-order valence-electron chi connectivity index (χ4n) is 0.950. The zero-order valence-corrected chi connectivity index (χ0v) is 8.97. The van der Waals surface area contributed by atoms with E-state index in [1.165, 1.54) is 7.11 Å². The van der Waals surface area contributed by atoms with Gasteiger partial charge < -0.3 is 10.5 Å². The Morgan fingerprint density at radius 3 is 2.93 bits per heavy atom. The topological polar surface area (TPSA) is 52.3 Å². The quantitative estimate of drug-likeness (QED) is 0.449. The lowest BCUT2D eigenvalue weighted by Crippen LogP contribution is -1.97. The van der Waals surface area contributed by atoms with Gasteiger partial charge in [-0.3, -0.25) is 4.79 Å². The van der Waals surface area contributed by atoms with E-state index in [0.717, 1.165) is 0 Å². The van der Waals surface area contributed by atoms with Gasteiger partial charge in [0.05, 0.1) is 17.7 Å². The molecule has 0 aliphatic rings. The molecule has 1 rings (SSSR count). The van der Waals surface area contributed by atoms with Gasteiger partial charge in [-0.2, -0.15) is 0 Å². The van der Waals surface area contributed by atoms with Crippen molar-refractivity contribution in [1.82, 2.24) is 0 Å². The van der Waals surface area contributed by atoms with Crippen LogP contribution in [0.5, 0.6) is 0 Å². The van der Waals surface area contributed by atoms with Gasteiger partial charge in [0.15, 0.2) is 0 Å². The minimum absolute atomic E-state index is 0.0289. The molecule has 15 heavy (non-hydrogen) atoms. The van der Waals surface area contributed by atoms with Crippen LogP contribution < -0.4 is 5.73 Å². The molecule has 0 unspecified atom stereocenters.